The molecule has 0 radical (unpaired) electrons. The van der Waals surface area contributed by atoms with Crippen molar-refractivity contribution in [3.05, 3.63) is 29.8 Å². The zero-order valence-electron chi connectivity index (χ0n) is 20.7. The van der Waals surface area contributed by atoms with Gasteiger partial charge in [-0.2, -0.15) is 5.10 Å². The Balaban J connectivity index is 1.62. The summed E-state index contributed by atoms with van der Waals surface area (Å²) in [5, 5.41) is 14.0. The minimum absolute atomic E-state index is 0.0745. The largest absolute Gasteiger partial charge is 0.481 e. The summed E-state index contributed by atoms with van der Waals surface area (Å²) >= 11 is 0. The molecule has 2 aromatic heterocycles. The van der Waals surface area contributed by atoms with Crippen LogP contribution in [0.5, 0.6) is 5.88 Å². The SMILES string of the molecule is COc1cc(-c2cc(C(=O)N3C4CC[C@H]3CC(C(=O)O)C4)nn2COCC[Si](C)(C)C)c(F)cn1. The van der Waals surface area contributed by atoms with Crippen molar-refractivity contribution >= 4 is 20.0 Å². The Hall–Kier alpha value is -2.79. The summed E-state index contributed by atoms with van der Waals surface area (Å²) in [4.78, 5) is 30.7. The quantitative estimate of drug-likeness (QED) is 0.408. The van der Waals surface area contributed by atoms with Gasteiger partial charge in [-0.25, -0.2) is 14.1 Å². The third-order valence-electron chi connectivity index (χ3n) is 6.84. The van der Waals surface area contributed by atoms with Crippen molar-refractivity contribution in [2.24, 2.45) is 5.92 Å². The summed E-state index contributed by atoms with van der Waals surface area (Å²) in [5.41, 5.74) is 0.798. The number of rotatable bonds is 9. The highest BCUT2D eigenvalue weighted by Gasteiger charge is 2.46. The molecule has 2 unspecified atom stereocenters. The van der Waals surface area contributed by atoms with Crippen LogP contribution in [0.25, 0.3) is 11.3 Å². The number of carboxylic acids is 1. The molecule has 4 heterocycles. The number of piperidine rings is 1. The van der Waals surface area contributed by atoms with Crippen molar-refractivity contribution < 1.29 is 28.6 Å². The van der Waals surface area contributed by atoms with Gasteiger partial charge in [0.2, 0.25) is 5.88 Å². The molecule has 2 aliphatic rings. The molecular weight excluding hydrogens is 471 g/mol. The predicted octanol–water partition coefficient (Wildman–Crippen LogP) is 3.87. The molecule has 2 bridgehead atoms. The standard InChI is InChI=1S/C24H33FN4O5Si/c1-33-22-11-18(19(25)13-26-22)21-12-20(27-28(21)14-34-7-8-35(2,3)4)23(30)29-16-5-6-17(29)10-15(9-16)24(31)32/h11-13,15-17H,5-10,14H2,1-4H3,(H,31,32)/t15?,16-,17?/m0/s1. The lowest BCUT2D eigenvalue weighted by Gasteiger charge is -2.37. The van der Waals surface area contributed by atoms with Crippen molar-refractivity contribution in [2.75, 3.05) is 13.7 Å². The number of carboxylic acid groups (broad SMARTS) is 1. The first-order valence-corrected chi connectivity index (χ1v) is 15.7. The van der Waals surface area contributed by atoms with Crippen LogP contribution in [-0.2, 0) is 16.3 Å². The first-order chi connectivity index (χ1) is 16.6. The smallest absolute Gasteiger partial charge is 0.306 e. The van der Waals surface area contributed by atoms with Crippen LogP contribution in [0.15, 0.2) is 18.3 Å². The number of hydrogen-bond donors (Lipinski definition) is 1. The maximum Gasteiger partial charge on any atom is 0.306 e. The number of fused-ring (bicyclic) bond motifs is 2. The van der Waals surface area contributed by atoms with Crippen molar-refractivity contribution in [1.29, 1.82) is 0 Å². The van der Waals surface area contributed by atoms with Crippen LogP contribution in [0.1, 0.15) is 36.2 Å². The zero-order chi connectivity index (χ0) is 25.3. The lowest BCUT2D eigenvalue weighted by molar-refractivity contribution is -0.144. The molecule has 2 aliphatic heterocycles. The maximum atomic E-state index is 14.8. The van der Waals surface area contributed by atoms with Gasteiger partial charge in [-0.3, -0.25) is 9.59 Å². The predicted molar refractivity (Wildman–Crippen MR) is 129 cm³/mol. The molecule has 0 aromatic carbocycles. The average Bonchev–Trinajstić information content (AvgIpc) is 3.33. The average molecular weight is 505 g/mol. The minimum atomic E-state index is -1.29. The maximum absolute atomic E-state index is 14.8. The summed E-state index contributed by atoms with van der Waals surface area (Å²) in [6.45, 7) is 7.39. The zero-order valence-corrected chi connectivity index (χ0v) is 21.7. The number of methoxy groups -OCH3 is 1. The van der Waals surface area contributed by atoms with E-state index in [1.54, 1.807) is 11.0 Å². The molecule has 1 N–H and O–H groups in total. The molecule has 0 spiro atoms. The van der Waals surface area contributed by atoms with Crippen molar-refractivity contribution in [3.8, 4) is 17.1 Å². The Labute approximate surface area is 205 Å². The number of ether oxygens (including phenoxy) is 2. The summed E-state index contributed by atoms with van der Waals surface area (Å²) in [5.74, 6) is -1.81. The van der Waals surface area contributed by atoms with E-state index in [0.29, 0.717) is 25.1 Å². The molecule has 9 nitrogen and oxygen atoms in total. The van der Waals surface area contributed by atoms with Crippen LogP contribution in [0.3, 0.4) is 0 Å². The number of aliphatic carboxylic acids is 1. The number of amides is 1. The molecular formula is C24H33FN4O5Si. The second kappa shape index (κ2) is 10.1. The molecule has 0 saturated carbocycles. The van der Waals surface area contributed by atoms with E-state index in [0.717, 1.165) is 25.1 Å². The number of nitrogens with zero attached hydrogens (tertiary/aromatic N) is 4. The van der Waals surface area contributed by atoms with E-state index in [1.807, 2.05) is 0 Å². The van der Waals surface area contributed by atoms with E-state index in [9.17, 15) is 19.1 Å². The second-order valence-corrected chi connectivity index (χ2v) is 16.2. The normalized spacial score (nSPS) is 21.9. The number of halogens is 1. The van der Waals surface area contributed by atoms with E-state index in [2.05, 4.69) is 29.7 Å². The van der Waals surface area contributed by atoms with E-state index in [4.69, 9.17) is 9.47 Å². The van der Waals surface area contributed by atoms with Gasteiger partial charge in [0.15, 0.2) is 11.5 Å². The highest BCUT2D eigenvalue weighted by atomic mass is 28.3. The molecule has 2 aromatic rings. The van der Waals surface area contributed by atoms with E-state index in [-0.39, 0.29) is 41.9 Å². The van der Waals surface area contributed by atoms with Gasteiger partial charge in [-0.05, 0) is 37.8 Å². The van der Waals surface area contributed by atoms with Crippen molar-refractivity contribution in [3.63, 3.8) is 0 Å². The molecule has 0 aliphatic carbocycles. The molecule has 3 atom stereocenters. The van der Waals surface area contributed by atoms with E-state index < -0.39 is 25.8 Å². The Bertz CT molecular complexity index is 1090. The fourth-order valence-electron chi connectivity index (χ4n) is 4.94. The Morgan fingerprint density at radius 3 is 2.49 bits per heavy atom. The molecule has 190 valence electrons. The number of hydrogen-bond acceptors (Lipinski definition) is 6. The Morgan fingerprint density at radius 1 is 1.20 bits per heavy atom. The van der Waals surface area contributed by atoms with Gasteiger partial charge in [-0.15, -0.1) is 0 Å². The topological polar surface area (TPSA) is 107 Å². The lowest BCUT2D eigenvalue weighted by Crippen LogP contribution is -2.48. The van der Waals surface area contributed by atoms with Gasteiger partial charge in [0.1, 0.15) is 6.73 Å². The summed E-state index contributed by atoms with van der Waals surface area (Å²) in [6.07, 6.45) is 3.53. The molecule has 2 fully saturated rings. The van der Waals surface area contributed by atoms with Crippen molar-refractivity contribution in [2.45, 2.75) is 70.2 Å². The number of aromatic nitrogens is 3. The third kappa shape index (κ3) is 5.56. The monoisotopic (exact) mass is 504 g/mol. The van der Waals surface area contributed by atoms with Gasteiger partial charge in [0.05, 0.1) is 24.9 Å². The van der Waals surface area contributed by atoms with Crippen LogP contribution < -0.4 is 4.74 Å². The van der Waals surface area contributed by atoms with E-state index in [1.165, 1.54) is 17.9 Å². The van der Waals surface area contributed by atoms with Crippen molar-refractivity contribution in [1.82, 2.24) is 19.7 Å². The van der Waals surface area contributed by atoms with Gasteiger partial charge in [0.25, 0.3) is 5.91 Å². The van der Waals surface area contributed by atoms with Crippen LogP contribution >= 0.6 is 0 Å². The van der Waals surface area contributed by atoms with Gasteiger partial charge in [0, 0.05) is 38.4 Å². The Morgan fingerprint density at radius 2 is 1.89 bits per heavy atom. The fourth-order valence-corrected chi connectivity index (χ4v) is 5.69. The molecule has 11 heteroatoms. The number of pyridine rings is 1. The fraction of sp³-hybridized carbons (Fsp3) is 0.583. The lowest BCUT2D eigenvalue weighted by atomic mass is 9.90. The highest BCUT2D eigenvalue weighted by molar-refractivity contribution is 6.76. The number of carbonyl (C=O) groups excluding carboxylic acids is 1. The number of carbonyl (C=O) groups is 2. The van der Waals surface area contributed by atoms with Gasteiger partial charge < -0.3 is 19.5 Å². The molecule has 4 rings (SSSR count). The molecule has 2 saturated heterocycles. The minimum Gasteiger partial charge on any atom is -0.481 e. The summed E-state index contributed by atoms with van der Waals surface area (Å²) in [7, 11) is 0.157. The Kier molecular flexibility index (Phi) is 7.27. The first kappa shape index (κ1) is 25.3. The summed E-state index contributed by atoms with van der Waals surface area (Å²) in [6, 6.07) is 3.77. The van der Waals surface area contributed by atoms with E-state index >= 15 is 0 Å². The molecule has 35 heavy (non-hydrogen) atoms. The van der Waals surface area contributed by atoms with Crippen LogP contribution in [0, 0.1) is 11.7 Å². The highest BCUT2D eigenvalue weighted by Crippen LogP contribution is 2.40. The third-order valence-corrected chi connectivity index (χ3v) is 8.55. The van der Waals surface area contributed by atoms with Crippen LogP contribution in [-0.4, -0.2) is 70.5 Å². The first-order valence-electron chi connectivity index (χ1n) is 12.0. The second-order valence-electron chi connectivity index (χ2n) is 10.6. The van der Waals surface area contributed by atoms with Crippen LogP contribution in [0.4, 0.5) is 4.39 Å². The summed E-state index contributed by atoms with van der Waals surface area (Å²) < 4.78 is 27.3. The van der Waals surface area contributed by atoms with Crippen LogP contribution in [0.2, 0.25) is 25.7 Å². The van der Waals surface area contributed by atoms with Gasteiger partial charge in [-0.1, -0.05) is 19.6 Å². The molecule has 1 amide bonds. The van der Waals surface area contributed by atoms with Gasteiger partial charge >= 0.3 is 5.97 Å².